The van der Waals surface area contributed by atoms with E-state index >= 15 is 4.39 Å². The minimum absolute atomic E-state index is 0.171. The summed E-state index contributed by atoms with van der Waals surface area (Å²) in [4.78, 5) is 33.3. The fourth-order valence-corrected chi connectivity index (χ4v) is 5.67. The smallest absolute Gasteiger partial charge is 0.254 e. The van der Waals surface area contributed by atoms with Gasteiger partial charge in [-0.3, -0.25) is 9.59 Å². The van der Waals surface area contributed by atoms with Gasteiger partial charge in [0, 0.05) is 44.4 Å². The minimum Gasteiger partial charge on any atom is -0.495 e. The molecule has 9 heteroatoms. The summed E-state index contributed by atoms with van der Waals surface area (Å²) in [5, 5.41) is 0. The van der Waals surface area contributed by atoms with Crippen molar-refractivity contribution in [2.45, 2.75) is 12.0 Å². The Balaban J connectivity index is 1.54. The highest BCUT2D eigenvalue weighted by Crippen LogP contribution is 2.47. The number of carbonyl (C=O) groups excluding carboxylic acids is 2. The number of nitrogens with zero attached hydrogens (tertiary/aromatic N) is 3. The van der Waals surface area contributed by atoms with E-state index < -0.39 is 17.8 Å². The maximum atomic E-state index is 15.2. The van der Waals surface area contributed by atoms with Gasteiger partial charge in [0.25, 0.3) is 5.91 Å². The summed E-state index contributed by atoms with van der Waals surface area (Å²) in [6.07, 6.45) is 0. The molecule has 3 aromatic carbocycles. The summed E-state index contributed by atoms with van der Waals surface area (Å²) in [7, 11) is 6.25. The number of para-hydroxylation sites is 2. The second-order valence-corrected chi connectivity index (χ2v) is 9.64. The highest BCUT2D eigenvalue weighted by atomic mass is 19.1. The Morgan fingerprint density at radius 1 is 0.821 bits per heavy atom. The molecule has 0 saturated carbocycles. The first kappa shape index (κ1) is 26.3. The van der Waals surface area contributed by atoms with Crippen molar-refractivity contribution in [3.8, 4) is 17.2 Å². The number of rotatable bonds is 6. The highest BCUT2D eigenvalue weighted by Gasteiger charge is 2.46. The Morgan fingerprint density at radius 3 is 2.10 bits per heavy atom. The number of methoxy groups -OCH3 is 3. The molecule has 8 nitrogen and oxygen atoms in total. The monoisotopic (exact) mass is 533 g/mol. The average Bonchev–Trinajstić information content (AvgIpc) is 2.98. The molecule has 0 N–H and O–H groups in total. The first-order valence-corrected chi connectivity index (χ1v) is 12.8. The molecule has 2 aliphatic heterocycles. The van der Waals surface area contributed by atoms with Crippen molar-refractivity contribution >= 4 is 17.5 Å². The Morgan fingerprint density at radius 2 is 1.44 bits per heavy atom. The summed E-state index contributed by atoms with van der Waals surface area (Å²) in [6.45, 7) is 2.16. The Bertz CT molecular complexity index is 1390. The third-order valence-corrected chi connectivity index (χ3v) is 7.68. The maximum Gasteiger partial charge on any atom is 0.254 e. The van der Waals surface area contributed by atoms with Crippen molar-refractivity contribution in [3.63, 3.8) is 0 Å². The fraction of sp³-hybridized carbons (Fsp3) is 0.333. The predicted molar refractivity (Wildman–Crippen MR) is 145 cm³/mol. The normalized spacial score (nSPS) is 19.0. The quantitative estimate of drug-likeness (QED) is 0.475. The van der Waals surface area contributed by atoms with Crippen LogP contribution < -0.4 is 19.1 Å². The zero-order valence-electron chi connectivity index (χ0n) is 22.5. The molecule has 2 amide bonds. The van der Waals surface area contributed by atoms with Gasteiger partial charge < -0.3 is 28.9 Å². The van der Waals surface area contributed by atoms with Gasteiger partial charge in [-0.2, -0.15) is 0 Å². The van der Waals surface area contributed by atoms with Gasteiger partial charge in [0.1, 0.15) is 11.6 Å². The number of anilines is 1. The first-order valence-electron chi connectivity index (χ1n) is 12.8. The number of likely N-dealkylation sites (N-methyl/N-ethyl adjacent to an activating group) is 1. The molecule has 0 aliphatic carbocycles. The highest BCUT2D eigenvalue weighted by molar-refractivity contribution is 6.02. The molecule has 0 radical (unpaired) electrons. The molecule has 1 saturated heterocycles. The van der Waals surface area contributed by atoms with Crippen LogP contribution in [0.15, 0.2) is 60.7 Å². The molecule has 39 heavy (non-hydrogen) atoms. The van der Waals surface area contributed by atoms with E-state index in [1.807, 2.05) is 24.3 Å². The van der Waals surface area contributed by atoms with Gasteiger partial charge in [-0.25, -0.2) is 4.39 Å². The molecular weight excluding hydrogens is 501 g/mol. The van der Waals surface area contributed by atoms with E-state index in [2.05, 4.69) is 4.90 Å². The topological polar surface area (TPSA) is 71.6 Å². The van der Waals surface area contributed by atoms with Crippen molar-refractivity contribution in [1.29, 1.82) is 0 Å². The zero-order chi connectivity index (χ0) is 27.7. The molecule has 2 atom stereocenters. The number of piperazine rings is 1. The zero-order valence-corrected chi connectivity index (χ0v) is 22.5. The SMILES string of the molecule is COc1cc2c(cc1OC)C(C(=O)N1CCN(c3ccccc3OC)CC1)C(c1ccccc1F)N(C)C2=O. The minimum atomic E-state index is -0.836. The molecule has 0 bridgehead atoms. The largest absolute Gasteiger partial charge is 0.495 e. The van der Waals surface area contributed by atoms with Crippen molar-refractivity contribution in [1.82, 2.24) is 9.80 Å². The molecular formula is C30H32FN3O5. The molecule has 2 heterocycles. The van der Waals surface area contributed by atoms with E-state index in [1.54, 1.807) is 49.4 Å². The van der Waals surface area contributed by atoms with Crippen molar-refractivity contribution in [2.24, 2.45) is 0 Å². The van der Waals surface area contributed by atoms with Crippen molar-refractivity contribution in [3.05, 3.63) is 83.2 Å². The summed E-state index contributed by atoms with van der Waals surface area (Å²) in [6, 6.07) is 16.6. The van der Waals surface area contributed by atoms with Gasteiger partial charge >= 0.3 is 0 Å². The number of halogens is 1. The number of fused-ring (bicyclic) bond motifs is 1. The molecule has 3 aromatic rings. The maximum absolute atomic E-state index is 15.2. The van der Waals surface area contributed by atoms with E-state index in [0.29, 0.717) is 54.4 Å². The first-order chi connectivity index (χ1) is 18.9. The van der Waals surface area contributed by atoms with Crippen LogP contribution in [-0.4, -0.2) is 76.2 Å². The number of hydrogen-bond donors (Lipinski definition) is 0. The average molecular weight is 534 g/mol. The molecule has 1 fully saturated rings. The van der Waals surface area contributed by atoms with E-state index in [-0.39, 0.29) is 11.8 Å². The molecule has 0 aromatic heterocycles. The number of ether oxygens (including phenoxy) is 3. The Labute approximate surface area is 227 Å². The van der Waals surface area contributed by atoms with Crippen LogP contribution in [0.3, 0.4) is 0 Å². The van der Waals surface area contributed by atoms with Crippen LogP contribution in [-0.2, 0) is 4.79 Å². The second kappa shape index (κ2) is 10.8. The molecule has 0 spiro atoms. The molecule has 5 rings (SSSR count). The standard InChI is InChI=1S/C30H32FN3O5/c1-32-28(19-9-5-6-10-22(19)31)27(20-17-25(38-3)26(39-4)18-21(20)29(32)35)30(36)34-15-13-33(14-16-34)23-11-7-8-12-24(23)37-2/h5-12,17-18,27-28H,13-16H2,1-4H3. The predicted octanol–water partition coefficient (Wildman–Crippen LogP) is 4.11. The lowest BCUT2D eigenvalue weighted by Gasteiger charge is -2.43. The third-order valence-electron chi connectivity index (χ3n) is 7.68. The summed E-state index contributed by atoms with van der Waals surface area (Å²) in [5.74, 6) is -0.222. The van der Waals surface area contributed by atoms with Crippen LogP contribution in [0, 0.1) is 5.82 Å². The van der Waals surface area contributed by atoms with Crippen LogP contribution >= 0.6 is 0 Å². The third kappa shape index (κ3) is 4.62. The number of amides is 2. The lowest BCUT2D eigenvalue weighted by atomic mass is 9.78. The van der Waals surface area contributed by atoms with E-state index in [9.17, 15) is 9.59 Å². The van der Waals surface area contributed by atoms with Crippen LogP contribution in [0.1, 0.15) is 33.4 Å². The lowest BCUT2D eigenvalue weighted by molar-refractivity contribution is -0.134. The van der Waals surface area contributed by atoms with E-state index in [0.717, 1.165) is 11.4 Å². The number of hydrogen-bond acceptors (Lipinski definition) is 6. The van der Waals surface area contributed by atoms with E-state index in [4.69, 9.17) is 14.2 Å². The van der Waals surface area contributed by atoms with Crippen molar-refractivity contribution < 1.29 is 28.2 Å². The van der Waals surface area contributed by atoms with Crippen LogP contribution in [0.2, 0.25) is 0 Å². The van der Waals surface area contributed by atoms with E-state index in [1.165, 1.54) is 25.2 Å². The van der Waals surface area contributed by atoms with Crippen LogP contribution in [0.5, 0.6) is 17.2 Å². The Hall–Kier alpha value is -4.27. The van der Waals surface area contributed by atoms with Crippen LogP contribution in [0.25, 0.3) is 0 Å². The van der Waals surface area contributed by atoms with Crippen LogP contribution in [0.4, 0.5) is 10.1 Å². The van der Waals surface area contributed by atoms with Gasteiger partial charge in [0.15, 0.2) is 11.5 Å². The Kier molecular flexibility index (Phi) is 7.32. The number of benzene rings is 3. The molecule has 204 valence electrons. The second-order valence-electron chi connectivity index (χ2n) is 9.64. The van der Waals surface area contributed by atoms with Gasteiger partial charge in [-0.15, -0.1) is 0 Å². The molecule has 2 aliphatic rings. The lowest BCUT2D eigenvalue weighted by Crippen LogP contribution is -2.53. The fourth-order valence-electron chi connectivity index (χ4n) is 5.67. The van der Waals surface area contributed by atoms with Gasteiger partial charge in [-0.05, 0) is 35.9 Å². The number of carbonyl (C=O) groups is 2. The summed E-state index contributed by atoms with van der Waals surface area (Å²) < 4.78 is 31.7. The van der Waals surface area contributed by atoms with Crippen molar-refractivity contribution in [2.75, 3.05) is 59.5 Å². The summed E-state index contributed by atoms with van der Waals surface area (Å²) >= 11 is 0. The molecule has 2 unspecified atom stereocenters. The van der Waals surface area contributed by atoms with Gasteiger partial charge in [0.2, 0.25) is 5.91 Å². The summed E-state index contributed by atoms with van der Waals surface area (Å²) in [5.41, 5.74) is 2.11. The van der Waals surface area contributed by atoms with Gasteiger partial charge in [-0.1, -0.05) is 30.3 Å². The van der Waals surface area contributed by atoms with Gasteiger partial charge in [0.05, 0.1) is 39.0 Å².